The normalized spacial score (nSPS) is 10.8. The Labute approximate surface area is 106 Å². The van der Waals surface area contributed by atoms with Crippen LogP contribution in [-0.2, 0) is 6.54 Å². The van der Waals surface area contributed by atoms with Crippen LogP contribution in [0.3, 0.4) is 0 Å². The summed E-state index contributed by atoms with van der Waals surface area (Å²) in [6.45, 7) is 4.92. The Bertz CT molecular complexity index is 541. The second-order valence-corrected chi connectivity index (χ2v) is 4.63. The molecule has 0 aliphatic carbocycles. The van der Waals surface area contributed by atoms with Crippen molar-refractivity contribution in [3.05, 3.63) is 53.3 Å². The number of carboxylic acid groups (broad SMARTS) is 1. The van der Waals surface area contributed by atoms with Gasteiger partial charge in [0.1, 0.15) is 0 Å². The van der Waals surface area contributed by atoms with Gasteiger partial charge in [-0.25, -0.2) is 4.79 Å². The van der Waals surface area contributed by atoms with Crippen molar-refractivity contribution in [3.63, 3.8) is 0 Å². The van der Waals surface area contributed by atoms with Gasteiger partial charge in [-0.1, -0.05) is 26.0 Å². The zero-order valence-corrected chi connectivity index (χ0v) is 10.5. The zero-order chi connectivity index (χ0) is 13.1. The molecule has 18 heavy (non-hydrogen) atoms. The zero-order valence-electron chi connectivity index (χ0n) is 10.5. The van der Waals surface area contributed by atoms with Crippen LogP contribution in [0.4, 0.5) is 0 Å². The van der Waals surface area contributed by atoms with Gasteiger partial charge in [0, 0.05) is 6.20 Å². The van der Waals surface area contributed by atoms with Gasteiger partial charge in [-0.15, -0.1) is 0 Å². The summed E-state index contributed by atoms with van der Waals surface area (Å²) >= 11 is 0. The van der Waals surface area contributed by atoms with Crippen molar-refractivity contribution in [3.8, 4) is 0 Å². The van der Waals surface area contributed by atoms with E-state index in [1.165, 1.54) is 5.56 Å². The van der Waals surface area contributed by atoms with E-state index >= 15 is 0 Å². The third kappa shape index (κ3) is 2.77. The number of aromatic carboxylic acids is 1. The molecule has 0 saturated carbocycles. The van der Waals surface area contributed by atoms with Gasteiger partial charge in [-0.3, -0.25) is 4.68 Å². The molecule has 0 amide bonds. The summed E-state index contributed by atoms with van der Waals surface area (Å²) in [4.78, 5) is 10.7. The van der Waals surface area contributed by atoms with Crippen molar-refractivity contribution >= 4 is 5.97 Å². The Hall–Kier alpha value is -2.10. The molecule has 0 spiro atoms. The van der Waals surface area contributed by atoms with Crippen LogP contribution in [-0.4, -0.2) is 20.9 Å². The van der Waals surface area contributed by atoms with Gasteiger partial charge in [0.25, 0.3) is 0 Å². The van der Waals surface area contributed by atoms with Crippen LogP contribution in [0.15, 0.2) is 36.7 Å². The molecule has 0 unspecified atom stereocenters. The monoisotopic (exact) mass is 244 g/mol. The lowest BCUT2D eigenvalue weighted by atomic mass is 10.1. The summed E-state index contributed by atoms with van der Waals surface area (Å²) in [7, 11) is 0. The van der Waals surface area contributed by atoms with E-state index in [4.69, 9.17) is 5.11 Å². The Balaban J connectivity index is 2.10. The average molecular weight is 244 g/mol. The molecule has 4 heteroatoms. The summed E-state index contributed by atoms with van der Waals surface area (Å²) < 4.78 is 1.87. The Morgan fingerprint density at radius 3 is 2.50 bits per heavy atom. The van der Waals surface area contributed by atoms with Crippen LogP contribution in [0.1, 0.15) is 41.3 Å². The smallest absolute Gasteiger partial charge is 0.335 e. The van der Waals surface area contributed by atoms with Crippen LogP contribution in [0.25, 0.3) is 0 Å². The summed E-state index contributed by atoms with van der Waals surface area (Å²) in [6, 6.07) is 6.87. The Morgan fingerprint density at radius 1 is 1.33 bits per heavy atom. The number of carboxylic acids is 1. The summed E-state index contributed by atoms with van der Waals surface area (Å²) in [5.41, 5.74) is 2.55. The highest BCUT2D eigenvalue weighted by molar-refractivity contribution is 5.87. The molecule has 0 saturated heterocycles. The summed E-state index contributed by atoms with van der Waals surface area (Å²) in [6.07, 6.45) is 3.89. The quantitative estimate of drug-likeness (QED) is 0.899. The van der Waals surface area contributed by atoms with E-state index in [2.05, 4.69) is 18.9 Å². The fourth-order valence-corrected chi connectivity index (χ4v) is 1.70. The van der Waals surface area contributed by atoms with E-state index in [9.17, 15) is 4.79 Å². The van der Waals surface area contributed by atoms with Crippen LogP contribution in [0.5, 0.6) is 0 Å². The fraction of sp³-hybridized carbons (Fsp3) is 0.286. The van der Waals surface area contributed by atoms with E-state index in [1.54, 1.807) is 12.1 Å². The third-order valence-electron chi connectivity index (χ3n) is 2.87. The molecule has 0 aliphatic rings. The van der Waals surface area contributed by atoms with Crippen molar-refractivity contribution in [1.82, 2.24) is 9.78 Å². The Morgan fingerprint density at radius 2 is 2.00 bits per heavy atom. The summed E-state index contributed by atoms with van der Waals surface area (Å²) in [5.74, 6) is -0.434. The molecule has 94 valence electrons. The lowest BCUT2D eigenvalue weighted by Gasteiger charge is -2.03. The Kier molecular flexibility index (Phi) is 3.46. The molecule has 0 radical (unpaired) electrons. The lowest BCUT2D eigenvalue weighted by Crippen LogP contribution is -2.01. The minimum Gasteiger partial charge on any atom is -0.478 e. The predicted octanol–water partition coefficient (Wildman–Crippen LogP) is 2.75. The van der Waals surface area contributed by atoms with Gasteiger partial charge < -0.3 is 5.11 Å². The third-order valence-corrected chi connectivity index (χ3v) is 2.87. The minimum atomic E-state index is -0.900. The van der Waals surface area contributed by atoms with Crippen LogP contribution >= 0.6 is 0 Å². The number of rotatable bonds is 4. The van der Waals surface area contributed by atoms with E-state index in [1.807, 2.05) is 29.2 Å². The molecular weight excluding hydrogens is 228 g/mol. The fourth-order valence-electron chi connectivity index (χ4n) is 1.70. The second-order valence-electron chi connectivity index (χ2n) is 4.63. The van der Waals surface area contributed by atoms with E-state index in [0.29, 0.717) is 18.0 Å². The molecule has 2 rings (SSSR count). The SMILES string of the molecule is CC(C)c1cnn(Cc2ccc(C(=O)O)cc2)c1. The van der Waals surface area contributed by atoms with E-state index in [-0.39, 0.29) is 0 Å². The molecule has 1 aromatic carbocycles. The van der Waals surface area contributed by atoms with Gasteiger partial charge >= 0.3 is 5.97 Å². The molecule has 2 aromatic rings. The van der Waals surface area contributed by atoms with Crippen LogP contribution in [0, 0.1) is 0 Å². The number of nitrogens with zero attached hydrogens (tertiary/aromatic N) is 2. The topological polar surface area (TPSA) is 55.1 Å². The maximum absolute atomic E-state index is 10.7. The number of carbonyl (C=O) groups is 1. The molecule has 1 heterocycles. The molecule has 0 aliphatic heterocycles. The highest BCUT2D eigenvalue weighted by Crippen LogP contribution is 2.13. The predicted molar refractivity (Wildman–Crippen MR) is 68.8 cm³/mol. The molecular formula is C14H16N2O2. The van der Waals surface area contributed by atoms with Gasteiger partial charge in [0.05, 0.1) is 18.3 Å². The van der Waals surface area contributed by atoms with E-state index in [0.717, 1.165) is 5.56 Å². The lowest BCUT2D eigenvalue weighted by molar-refractivity contribution is 0.0697. The van der Waals surface area contributed by atoms with Gasteiger partial charge in [-0.05, 0) is 29.2 Å². The first kappa shape index (κ1) is 12.4. The van der Waals surface area contributed by atoms with E-state index < -0.39 is 5.97 Å². The first-order valence-electron chi connectivity index (χ1n) is 5.91. The van der Waals surface area contributed by atoms with Crippen molar-refractivity contribution in [1.29, 1.82) is 0 Å². The van der Waals surface area contributed by atoms with Crippen molar-refractivity contribution in [2.45, 2.75) is 26.3 Å². The highest BCUT2D eigenvalue weighted by Gasteiger charge is 2.05. The summed E-state index contributed by atoms with van der Waals surface area (Å²) in [5, 5.41) is 13.1. The first-order valence-corrected chi connectivity index (χ1v) is 5.91. The number of benzene rings is 1. The maximum atomic E-state index is 10.7. The van der Waals surface area contributed by atoms with Crippen molar-refractivity contribution in [2.24, 2.45) is 0 Å². The standard InChI is InChI=1S/C14H16N2O2/c1-10(2)13-7-15-16(9-13)8-11-3-5-12(6-4-11)14(17)18/h3-7,9-10H,8H2,1-2H3,(H,17,18). The first-order chi connectivity index (χ1) is 8.56. The number of hydrogen-bond donors (Lipinski definition) is 1. The molecule has 1 aromatic heterocycles. The van der Waals surface area contributed by atoms with Crippen molar-refractivity contribution < 1.29 is 9.90 Å². The average Bonchev–Trinajstić information content (AvgIpc) is 2.78. The van der Waals surface area contributed by atoms with Gasteiger partial charge in [-0.2, -0.15) is 5.10 Å². The molecule has 1 N–H and O–H groups in total. The minimum absolute atomic E-state index is 0.307. The number of hydrogen-bond acceptors (Lipinski definition) is 2. The van der Waals surface area contributed by atoms with Crippen LogP contribution < -0.4 is 0 Å². The van der Waals surface area contributed by atoms with Gasteiger partial charge in [0.2, 0.25) is 0 Å². The molecule has 0 atom stereocenters. The number of aromatic nitrogens is 2. The molecule has 0 bridgehead atoms. The maximum Gasteiger partial charge on any atom is 0.335 e. The highest BCUT2D eigenvalue weighted by atomic mass is 16.4. The molecule has 4 nitrogen and oxygen atoms in total. The van der Waals surface area contributed by atoms with Crippen LogP contribution in [0.2, 0.25) is 0 Å². The van der Waals surface area contributed by atoms with Gasteiger partial charge in [0.15, 0.2) is 0 Å². The largest absolute Gasteiger partial charge is 0.478 e. The van der Waals surface area contributed by atoms with Crippen molar-refractivity contribution in [2.75, 3.05) is 0 Å². The second kappa shape index (κ2) is 5.04. The molecule has 0 fully saturated rings.